The predicted molar refractivity (Wildman–Crippen MR) is 81.1 cm³/mol. The number of thiol groups is 1. The van der Waals surface area contributed by atoms with Crippen LogP contribution >= 0.6 is 0 Å². The first-order valence-electron chi connectivity index (χ1n) is 6.59. The van der Waals surface area contributed by atoms with Crippen LogP contribution in [0.25, 0.3) is 0 Å². The van der Waals surface area contributed by atoms with Crippen LogP contribution in [0.15, 0.2) is 0 Å². The molecule has 0 saturated heterocycles. The summed E-state index contributed by atoms with van der Waals surface area (Å²) in [5.41, 5.74) is -12.1. The SMILES string of the molecule is CCC[N+](C)(CC)CC.O=S(=O)([SH+]S(=O)(=O)C(F)(F)F)C(F)(F)F. The average Bonchev–Trinajstić information content (AvgIpc) is 2.35. The van der Waals surface area contributed by atoms with Gasteiger partial charge in [-0.2, -0.15) is 43.2 Å². The molecular formula is C10H21F6NO4S3+2. The topological polar surface area (TPSA) is 68.3 Å². The smallest absolute Gasteiger partial charge is 0.327 e. The molecule has 0 aliphatic rings. The van der Waals surface area contributed by atoms with Crippen molar-refractivity contribution in [2.24, 2.45) is 0 Å². The van der Waals surface area contributed by atoms with Gasteiger partial charge in [0, 0.05) is 0 Å². The van der Waals surface area contributed by atoms with Crippen molar-refractivity contribution in [1.29, 1.82) is 0 Å². The van der Waals surface area contributed by atoms with Crippen molar-refractivity contribution in [3.63, 3.8) is 0 Å². The van der Waals surface area contributed by atoms with Gasteiger partial charge < -0.3 is 4.48 Å². The first kappa shape index (κ1) is 26.0. The minimum Gasteiger partial charge on any atom is -0.327 e. The van der Waals surface area contributed by atoms with Gasteiger partial charge in [0.25, 0.3) is 0 Å². The van der Waals surface area contributed by atoms with Crippen molar-refractivity contribution in [3.05, 3.63) is 0 Å². The number of hydrogen-bond acceptors (Lipinski definition) is 4. The van der Waals surface area contributed by atoms with Gasteiger partial charge in [0.2, 0.25) is 9.83 Å². The van der Waals surface area contributed by atoms with Crippen LogP contribution in [0.4, 0.5) is 26.3 Å². The van der Waals surface area contributed by atoms with Crippen LogP contribution in [0.3, 0.4) is 0 Å². The van der Waals surface area contributed by atoms with E-state index in [0.717, 1.165) is 0 Å². The van der Waals surface area contributed by atoms with E-state index in [2.05, 4.69) is 27.8 Å². The molecule has 0 fully saturated rings. The molecule has 0 unspecified atom stereocenters. The maximum absolute atomic E-state index is 11.5. The van der Waals surface area contributed by atoms with Gasteiger partial charge in [-0.15, -0.1) is 0 Å². The second-order valence-corrected chi connectivity index (χ2v) is 12.5. The normalized spacial score (nSPS) is 14.1. The minimum absolute atomic E-state index is 1.23. The lowest BCUT2D eigenvalue weighted by Gasteiger charge is -2.31. The molecule has 24 heavy (non-hydrogen) atoms. The highest BCUT2D eigenvalue weighted by Crippen LogP contribution is 2.32. The summed E-state index contributed by atoms with van der Waals surface area (Å²) in [4.78, 5) is 0. The molecule has 0 aliphatic carbocycles. The Labute approximate surface area is 140 Å². The summed E-state index contributed by atoms with van der Waals surface area (Å²) < 4.78 is 111. The van der Waals surface area contributed by atoms with Crippen LogP contribution < -0.4 is 0 Å². The zero-order valence-corrected chi connectivity index (χ0v) is 16.0. The molecule has 5 nitrogen and oxygen atoms in total. The molecule has 0 aliphatic heterocycles. The second kappa shape index (κ2) is 8.94. The van der Waals surface area contributed by atoms with Gasteiger partial charge in [0.05, 0.1) is 26.7 Å². The Kier molecular flexibility index (Phi) is 9.69. The molecule has 0 radical (unpaired) electrons. The van der Waals surface area contributed by atoms with Gasteiger partial charge in [-0.1, -0.05) is 6.92 Å². The molecule has 148 valence electrons. The van der Waals surface area contributed by atoms with Gasteiger partial charge in [-0.25, -0.2) is 0 Å². The zero-order chi connectivity index (χ0) is 20.0. The first-order valence-corrected chi connectivity index (χ1v) is 11.7. The molecule has 14 heteroatoms. The van der Waals surface area contributed by atoms with E-state index >= 15 is 0 Å². The number of alkyl halides is 6. The van der Waals surface area contributed by atoms with Crippen LogP contribution in [0.2, 0.25) is 0 Å². The largest absolute Gasteiger partial charge is 0.545 e. The van der Waals surface area contributed by atoms with Crippen molar-refractivity contribution >= 4 is 27.6 Å². The maximum atomic E-state index is 11.5. The van der Waals surface area contributed by atoms with Crippen LogP contribution in [-0.2, 0) is 27.6 Å². The van der Waals surface area contributed by atoms with E-state index in [4.69, 9.17) is 0 Å². The summed E-state index contributed by atoms with van der Waals surface area (Å²) in [6.07, 6.45) is 1.30. The highest BCUT2D eigenvalue weighted by Gasteiger charge is 2.63. The average molecular weight is 429 g/mol. The van der Waals surface area contributed by atoms with Gasteiger partial charge in [0.15, 0.2) is 0 Å². The summed E-state index contributed by atoms with van der Waals surface area (Å²) in [6, 6.07) is 0. The maximum Gasteiger partial charge on any atom is 0.545 e. The molecule has 0 N–H and O–H groups in total. The van der Waals surface area contributed by atoms with Crippen LogP contribution in [0, 0.1) is 0 Å². The highest BCUT2D eigenvalue weighted by molar-refractivity contribution is 8.94. The van der Waals surface area contributed by atoms with Crippen molar-refractivity contribution in [3.8, 4) is 0 Å². The molecule has 0 bridgehead atoms. The lowest BCUT2D eigenvalue weighted by atomic mass is 10.3. The monoisotopic (exact) mass is 429 g/mol. The van der Waals surface area contributed by atoms with Crippen molar-refractivity contribution in [2.45, 2.75) is 38.2 Å². The van der Waals surface area contributed by atoms with Crippen LogP contribution in [0.1, 0.15) is 27.2 Å². The van der Waals surface area contributed by atoms with Crippen LogP contribution in [0.5, 0.6) is 0 Å². The molecule has 0 aromatic heterocycles. The van der Waals surface area contributed by atoms with E-state index < -0.39 is 38.6 Å². The molecule has 0 atom stereocenters. The molecule has 0 rings (SSSR count). The fourth-order valence-corrected chi connectivity index (χ4v) is 6.85. The van der Waals surface area contributed by atoms with Crippen molar-refractivity contribution < 1.29 is 47.7 Å². The molecular weight excluding hydrogens is 408 g/mol. The molecule has 0 aromatic carbocycles. The van der Waals surface area contributed by atoms with E-state index in [-0.39, 0.29) is 0 Å². The highest BCUT2D eigenvalue weighted by atomic mass is 33.5. The lowest BCUT2D eigenvalue weighted by molar-refractivity contribution is -0.906. The quantitative estimate of drug-likeness (QED) is 0.214. The molecule has 0 aromatic rings. The molecule has 0 heterocycles. The zero-order valence-electron chi connectivity index (χ0n) is 13.4. The molecule has 0 amide bonds. The molecule has 0 saturated carbocycles. The summed E-state index contributed by atoms with van der Waals surface area (Å²) in [5, 5.41) is 0. The summed E-state index contributed by atoms with van der Waals surface area (Å²) in [7, 11) is -13.2. The van der Waals surface area contributed by atoms with E-state index in [1.807, 2.05) is 0 Å². The third kappa shape index (κ3) is 8.25. The number of nitrogens with zero attached hydrogens (tertiary/aromatic N) is 1. The minimum atomic E-state index is -6.37. The standard InChI is InChI=1S/C8H20N.C2F6O4S3/c1-5-8-9(4,6-2)7-3;3-1(4,5)14(9,10)13-15(11,12)2(6,7)8/h5-8H2,1-4H3;/q+1;/p+1. The Bertz CT molecular complexity index is 537. The van der Waals surface area contributed by atoms with Gasteiger partial charge in [0.1, 0.15) is 0 Å². The van der Waals surface area contributed by atoms with Crippen molar-refractivity contribution in [2.75, 3.05) is 26.7 Å². The van der Waals surface area contributed by atoms with E-state index in [1.54, 1.807) is 0 Å². The Morgan fingerprint density at radius 3 is 1.21 bits per heavy atom. The Morgan fingerprint density at radius 2 is 1.08 bits per heavy atom. The van der Waals surface area contributed by atoms with Crippen LogP contribution in [-0.4, -0.2) is 59.0 Å². The second-order valence-electron chi connectivity index (χ2n) is 4.89. The van der Waals surface area contributed by atoms with E-state index in [9.17, 15) is 43.2 Å². The number of rotatable bonds is 6. The lowest BCUT2D eigenvalue weighted by Crippen LogP contribution is -2.43. The fourth-order valence-electron chi connectivity index (χ4n) is 1.29. The summed E-state index contributed by atoms with van der Waals surface area (Å²) >= 11 is 0. The third-order valence-electron chi connectivity index (χ3n) is 3.07. The first-order chi connectivity index (χ1) is 10.4. The summed E-state index contributed by atoms with van der Waals surface area (Å²) in [6.45, 7) is 10.6. The molecule has 0 spiro atoms. The fraction of sp³-hybridized carbons (Fsp3) is 1.00. The van der Waals surface area contributed by atoms with E-state index in [1.165, 1.54) is 30.5 Å². The third-order valence-corrected chi connectivity index (χ3v) is 10.6. The number of quaternary nitrogens is 1. The van der Waals surface area contributed by atoms with Gasteiger partial charge in [-0.3, -0.25) is 0 Å². The van der Waals surface area contributed by atoms with Gasteiger partial charge in [-0.05, 0) is 20.3 Å². The number of hydrogen-bond donors (Lipinski definition) is 0. The Hall–Kier alpha value is -0.210. The summed E-state index contributed by atoms with van der Waals surface area (Å²) in [5.74, 6) is 0. The predicted octanol–water partition coefficient (Wildman–Crippen LogP) is 2.38. The van der Waals surface area contributed by atoms with E-state index in [0.29, 0.717) is 0 Å². The Balaban J connectivity index is 0. The Morgan fingerprint density at radius 1 is 0.792 bits per heavy atom. The van der Waals surface area contributed by atoms with Crippen molar-refractivity contribution in [1.82, 2.24) is 0 Å². The van der Waals surface area contributed by atoms with Gasteiger partial charge >= 0.3 is 28.8 Å². The number of halogens is 6.